The van der Waals surface area contributed by atoms with Gasteiger partial charge in [-0.1, -0.05) is 78.9 Å². The van der Waals surface area contributed by atoms with E-state index in [9.17, 15) is 4.79 Å². The van der Waals surface area contributed by atoms with Crippen LogP contribution in [0.15, 0.2) is 77.7 Å². The summed E-state index contributed by atoms with van der Waals surface area (Å²) in [6, 6.07) is 23.2. The first-order chi connectivity index (χ1) is 15.0. The van der Waals surface area contributed by atoms with Crippen molar-refractivity contribution in [1.82, 2.24) is 0 Å². The molecule has 4 rings (SSSR count). The third kappa shape index (κ3) is 5.18. The van der Waals surface area contributed by atoms with Crippen LogP contribution in [0.25, 0.3) is 6.08 Å². The van der Waals surface area contributed by atoms with Crippen molar-refractivity contribution in [2.24, 2.45) is 0 Å². The van der Waals surface area contributed by atoms with Crippen LogP contribution in [0.3, 0.4) is 0 Å². The Bertz CT molecular complexity index is 1120. The zero-order chi connectivity index (χ0) is 21.8. The van der Waals surface area contributed by atoms with Crippen molar-refractivity contribution >= 4 is 57.6 Å². The van der Waals surface area contributed by atoms with E-state index in [-0.39, 0.29) is 5.91 Å². The highest BCUT2D eigenvalue weighted by Gasteiger charge is 2.33. The summed E-state index contributed by atoms with van der Waals surface area (Å²) in [4.78, 5) is 15.1. The lowest BCUT2D eigenvalue weighted by Gasteiger charge is -2.14. The fourth-order valence-electron chi connectivity index (χ4n) is 3.13. The standard InChI is InChI=1S/C25H20ClNO2S2/c1-2-17-5-11-21(12-6-17)27-24(28)23(31-25(27)30)15-18-7-13-22(14-8-18)29-16-19-3-9-20(26)10-4-19/h3-15H,2,16H2,1H3. The molecule has 1 heterocycles. The Balaban J connectivity index is 1.43. The van der Waals surface area contributed by atoms with Crippen LogP contribution in [-0.4, -0.2) is 10.2 Å². The highest BCUT2D eigenvalue weighted by molar-refractivity contribution is 8.27. The average Bonchev–Trinajstić information content (AvgIpc) is 3.07. The van der Waals surface area contributed by atoms with Crippen molar-refractivity contribution in [2.45, 2.75) is 20.0 Å². The van der Waals surface area contributed by atoms with E-state index in [4.69, 9.17) is 28.6 Å². The van der Waals surface area contributed by atoms with Crippen molar-refractivity contribution < 1.29 is 9.53 Å². The Hall–Kier alpha value is -2.60. The molecule has 0 aliphatic carbocycles. The molecular weight excluding hydrogens is 446 g/mol. The molecule has 1 aliphatic heterocycles. The molecule has 31 heavy (non-hydrogen) atoms. The molecule has 0 radical (unpaired) electrons. The van der Waals surface area contributed by atoms with E-state index in [0.29, 0.717) is 20.9 Å². The van der Waals surface area contributed by atoms with Gasteiger partial charge in [0.1, 0.15) is 12.4 Å². The molecule has 3 aromatic rings. The number of benzene rings is 3. The van der Waals surface area contributed by atoms with Crippen LogP contribution < -0.4 is 9.64 Å². The van der Waals surface area contributed by atoms with Gasteiger partial charge in [-0.15, -0.1) is 0 Å². The van der Waals surface area contributed by atoms with Crippen LogP contribution in [0.1, 0.15) is 23.6 Å². The molecule has 3 nitrogen and oxygen atoms in total. The third-order valence-corrected chi connectivity index (χ3v) is 6.45. The second kappa shape index (κ2) is 9.69. The molecule has 0 bridgehead atoms. The molecule has 0 unspecified atom stereocenters. The van der Waals surface area contributed by atoms with Gasteiger partial charge in [0.25, 0.3) is 5.91 Å². The summed E-state index contributed by atoms with van der Waals surface area (Å²) in [6.07, 6.45) is 2.82. The van der Waals surface area contributed by atoms with Gasteiger partial charge >= 0.3 is 0 Å². The lowest BCUT2D eigenvalue weighted by atomic mass is 10.1. The van der Waals surface area contributed by atoms with Gasteiger partial charge in [0, 0.05) is 5.02 Å². The number of thioether (sulfide) groups is 1. The van der Waals surface area contributed by atoms with E-state index in [0.717, 1.165) is 29.0 Å². The van der Waals surface area contributed by atoms with E-state index >= 15 is 0 Å². The number of halogens is 1. The van der Waals surface area contributed by atoms with E-state index in [1.807, 2.05) is 78.9 Å². The zero-order valence-electron chi connectivity index (χ0n) is 16.9. The fourth-order valence-corrected chi connectivity index (χ4v) is 4.55. The van der Waals surface area contributed by atoms with Crippen molar-refractivity contribution in [2.75, 3.05) is 4.90 Å². The average molecular weight is 466 g/mol. The molecule has 0 saturated carbocycles. The van der Waals surface area contributed by atoms with Crippen molar-refractivity contribution in [3.05, 3.63) is 99.4 Å². The minimum absolute atomic E-state index is 0.0951. The molecule has 156 valence electrons. The Morgan fingerprint density at radius 2 is 1.61 bits per heavy atom. The maximum Gasteiger partial charge on any atom is 0.270 e. The third-order valence-electron chi connectivity index (χ3n) is 4.89. The van der Waals surface area contributed by atoms with Gasteiger partial charge < -0.3 is 4.74 Å². The number of amides is 1. The normalized spacial score (nSPS) is 15.0. The maximum absolute atomic E-state index is 12.9. The van der Waals surface area contributed by atoms with Gasteiger partial charge in [-0.05, 0) is 65.6 Å². The topological polar surface area (TPSA) is 29.5 Å². The predicted octanol–water partition coefficient (Wildman–Crippen LogP) is 6.89. The summed E-state index contributed by atoms with van der Waals surface area (Å²) in [7, 11) is 0. The molecule has 1 saturated heterocycles. The molecule has 1 aliphatic rings. The Morgan fingerprint density at radius 1 is 0.968 bits per heavy atom. The number of anilines is 1. The van der Waals surface area contributed by atoms with Crippen LogP contribution in [0, 0.1) is 0 Å². The Morgan fingerprint density at radius 3 is 2.26 bits per heavy atom. The molecule has 1 fully saturated rings. The summed E-state index contributed by atoms with van der Waals surface area (Å²) in [6.45, 7) is 2.57. The van der Waals surface area contributed by atoms with Crippen molar-refractivity contribution in [3.63, 3.8) is 0 Å². The van der Waals surface area contributed by atoms with Crippen molar-refractivity contribution in [3.8, 4) is 5.75 Å². The second-order valence-corrected chi connectivity index (χ2v) is 9.13. The van der Waals surface area contributed by atoms with Crippen LogP contribution >= 0.6 is 35.6 Å². The van der Waals surface area contributed by atoms with Gasteiger partial charge in [0.2, 0.25) is 0 Å². The molecule has 3 aromatic carbocycles. The van der Waals surface area contributed by atoms with Crippen LogP contribution in [0.4, 0.5) is 5.69 Å². The minimum atomic E-state index is -0.0951. The number of aryl methyl sites for hydroxylation is 1. The van der Waals surface area contributed by atoms with E-state index in [2.05, 4.69) is 6.92 Å². The van der Waals surface area contributed by atoms with Gasteiger partial charge in [0.15, 0.2) is 4.32 Å². The summed E-state index contributed by atoms with van der Waals surface area (Å²) in [5.41, 5.74) is 3.99. The van der Waals surface area contributed by atoms with Crippen molar-refractivity contribution in [1.29, 1.82) is 0 Å². The summed E-state index contributed by atoms with van der Waals surface area (Å²) >= 11 is 12.7. The number of nitrogens with zero attached hydrogens (tertiary/aromatic N) is 1. The number of carbonyl (C=O) groups is 1. The number of thiocarbonyl (C=S) groups is 1. The number of rotatable bonds is 6. The van der Waals surface area contributed by atoms with Gasteiger partial charge in [-0.25, -0.2) is 0 Å². The predicted molar refractivity (Wildman–Crippen MR) is 134 cm³/mol. The quantitative estimate of drug-likeness (QED) is 0.293. The van der Waals surface area contributed by atoms with E-state index in [1.54, 1.807) is 4.90 Å². The first kappa shape index (κ1) is 21.6. The lowest BCUT2D eigenvalue weighted by Crippen LogP contribution is -2.27. The van der Waals surface area contributed by atoms with Crippen LogP contribution in [0.2, 0.25) is 5.02 Å². The summed E-state index contributed by atoms with van der Waals surface area (Å²) in [5, 5.41) is 0.705. The zero-order valence-corrected chi connectivity index (χ0v) is 19.3. The van der Waals surface area contributed by atoms with Gasteiger partial charge in [-0.3, -0.25) is 9.69 Å². The SMILES string of the molecule is CCc1ccc(N2C(=O)C(=Cc3ccc(OCc4ccc(Cl)cc4)cc3)SC2=S)cc1. The number of carbonyl (C=O) groups excluding carboxylic acids is 1. The molecular formula is C25H20ClNO2S2. The highest BCUT2D eigenvalue weighted by atomic mass is 35.5. The minimum Gasteiger partial charge on any atom is -0.489 e. The summed E-state index contributed by atoms with van der Waals surface area (Å²) < 4.78 is 6.37. The molecule has 0 atom stereocenters. The Kier molecular flexibility index (Phi) is 6.76. The van der Waals surface area contributed by atoms with E-state index < -0.39 is 0 Å². The Labute approximate surface area is 196 Å². The molecule has 0 N–H and O–H groups in total. The smallest absolute Gasteiger partial charge is 0.270 e. The maximum atomic E-state index is 12.9. The molecule has 1 amide bonds. The first-order valence-electron chi connectivity index (χ1n) is 9.87. The number of hydrogen-bond donors (Lipinski definition) is 0. The highest BCUT2D eigenvalue weighted by Crippen LogP contribution is 2.36. The van der Waals surface area contributed by atoms with E-state index in [1.165, 1.54) is 17.3 Å². The van der Waals surface area contributed by atoms with Gasteiger partial charge in [0.05, 0.1) is 10.6 Å². The monoisotopic (exact) mass is 465 g/mol. The second-order valence-electron chi connectivity index (χ2n) is 7.02. The first-order valence-corrected chi connectivity index (χ1v) is 11.5. The largest absolute Gasteiger partial charge is 0.489 e. The van der Waals surface area contributed by atoms with Crippen LogP contribution in [-0.2, 0) is 17.8 Å². The number of hydrogen-bond acceptors (Lipinski definition) is 4. The lowest BCUT2D eigenvalue weighted by molar-refractivity contribution is -0.113. The molecule has 0 aromatic heterocycles. The molecule has 0 spiro atoms. The summed E-state index contributed by atoms with van der Waals surface area (Å²) in [5.74, 6) is 0.665. The molecule has 6 heteroatoms. The fraction of sp³-hybridized carbons (Fsp3) is 0.120. The number of ether oxygens (including phenoxy) is 1. The van der Waals surface area contributed by atoms with Crippen LogP contribution in [0.5, 0.6) is 5.75 Å². The van der Waals surface area contributed by atoms with Gasteiger partial charge in [-0.2, -0.15) is 0 Å².